The maximum atomic E-state index is 13.1. The zero-order valence-corrected chi connectivity index (χ0v) is 15.6. The molecule has 0 unspecified atom stereocenters. The molecule has 4 aromatic rings. The van der Waals surface area contributed by atoms with Gasteiger partial charge in [-0.3, -0.25) is 14.7 Å². The Balaban J connectivity index is 1.75. The van der Waals surface area contributed by atoms with Crippen LogP contribution in [0.5, 0.6) is 5.75 Å². The Morgan fingerprint density at radius 3 is 2.85 bits per heavy atom. The number of ether oxygens (including phenoxy) is 1. The van der Waals surface area contributed by atoms with Crippen LogP contribution < -0.4 is 9.64 Å². The predicted molar refractivity (Wildman–Crippen MR) is 102 cm³/mol. The van der Waals surface area contributed by atoms with Gasteiger partial charge in [0.05, 0.1) is 29.6 Å². The van der Waals surface area contributed by atoms with E-state index in [0.29, 0.717) is 16.6 Å². The van der Waals surface area contributed by atoms with Crippen molar-refractivity contribution in [2.45, 2.75) is 13.5 Å². The fourth-order valence-electron chi connectivity index (χ4n) is 2.62. The molecule has 0 aliphatic carbocycles. The van der Waals surface area contributed by atoms with Gasteiger partial charge in [-0.2, -0.15) is 0 Å². The van der Waals surface area contributed by atoms with Gasteiger partial charge in [0.25, 0.3) is 5.91 Å². The minimum Gasteiger partial charge on any atom is -0.497 e. The number of rotatable bonds is 5. The zero-order valence-electron chi connectivity index (χ0n) is 14.7. The molecule has 0 N–H and O–H groups in total. The van der Waals surface area contributed by atoms with Crippen molar-refractivity contribution in [1.29, 1.82) is 0 Å². The molecular formula is C19H16N4O3S. The second kappa shape index (κ2) is 7.16. The third kappa shape index (κ3) is 3.52. The third-order valence-corrected chi connectivity index (χ3v) is 5.01. The Hall–Kier alpha value is -3.26. The number of pyridine rings is 1. The molecule has 0 radical (unpaired) electrons. The van der Waals surface area contributed by atoms with Gasteiger partial charge < -0.3 is 9.26 Å². The first kappa shape index (κ1) is 17.2. The standard InChI is InChI=1S/C19H16N4O3S/c1-12-9-16(22-26-12)18(24)23(11-13-5-3-4-8-20-13)19-21-15-10-14(25-2)6-7-17(15)27-19/h3-10H,11H2,1-2H3. The lowest BCUT2D eigenvalue weighted by molar-refractivity contribution is 0.0976. The molecule has 0 saturated heterocycles. The summed E-state index contributed by atoms with van der Waals surface area (Å²) in [6.45, 7) is 2.03. The number of thiazole rings is 1. The van der Waals surface area contributed by atoms with Gasteiger partial charge in [-0.1, -0.05) is 22.6 Å². The number of benzene rings is 1. The van der Waals surface area contributed by atoms with Crippen molar-refractivity contribution in [3.8, 4) is 5.75 Å². The largest absolute Gasteiger partial charge is 0.497 e. The predicted octanol–water partition coefficient (Wildman–Crippen LogP) is 3.84. The van der Waals surface area contributed by atoms with Gasteiger partial charge in [0, 0.05) is 18.3 Å². The molecule has 0 spiro atoms. The number of fused-ring (bicyclic) bond motifs is 1. The topological polar surface area (TPSA) is 81.4 Å². The summed E-state index contributed by atoms with van der Waals surface area (Å²) >= 11 is 1.43. The second-order valence-corrected chi connectivity index (χ2v) is 6.87. The lowest BCUT2D eigenvalue weighted by Gasteiger charge is -2.18. The number of nitrogens with zero attached hydrogens (tertiary/aromatic N) is 4. The van der Waals surface area contributed by atoms with Gasteiger partial charge in [-0.05, 0) is 31.2 Å². The number of carbonyl (C=O) groups is 1. The molecule has 0 saturated carbocycles. The number of anilines is 1. The quantitative estimate of drug-likeness (QED) is 0.523. The lowest BCUT2D eigenvalue weighted by atomic mass is 10.3. The number of hydrogen-bond donors (Lipinski definition) is 0. The van der Waals surface area contributed by atoms with Crippen molar-refractivity contribution in [3.63, 3.8) is 0 Å². The molecule has 1 amide bonds. The van der Waals surface area contributed by atoms with Crippen LogP contribution in [0.3, 0.4) is 0 Å². The van der Waals surface area contributed by atoms with Gasteiger partial charge in [0.2, 0.25) is 0 Å². The molecule has 0 fully saturated rings. The van der Waals surface area contributed by atoms with Gasteiger partial charge in [-0.25, -0.2) is 4.98 Å². The highest BCUT2D eigenvalue weighted by Crippen LogP contribution is 2.32. The minimum absolute atomic E-state index is 0.236. The molecule has 8 heteroatoms. The molecule has 3 aromatic heterocycles. The van der Waals surface area contributed by atoms with E-state index in [2.05, 4.69) is 15.1 Å². The number of hydrogen-bond acceptors (Lipinski definition) is 7. The molecule has 3 heterocycles. The van der Waals surface area contributed by atoms with E-state index < -0.39 is 0 Å². The summed E-state index contributed by atoms with van der Waals surface area (Å²) in [6, 6.07) is 12.8. The Labute approximate surface area is 159 Å². The molecule has 4 rings (SSSR count). The number of methoxy groups -OCH3 is 1. The zero-order chi connectivity index (χ0) is 18.8. The van der Waals surface area contributed by atoms with E-state index in [0.717, 1.165) is 15.9 Å². The van der Waals surface area contributed by atoms with Crippen molar-refractivity contribution in [2.24, 2.45) is 0 Å². The van der Waals surface area contributed by atoms with Crippen LogP contribution in [0.15, 0.2) is 53.2 Å². The van der Waals surface area contributed by atoms with Crippen molar-refractivity contribution in [3.05, 3.63) is 65.8 Å². The van der Waals surface area contributed by atoms with Crippen LogP contribution in [0, 0.1) is 6.92 Å². The van der Waals surface area contributed by atoms with Crippen LogP contribution in [-0.4, -0.2) is 28.1 Å². The van der Waals surface area contributed by atoms with Crippen LogP contribution in [-0.2, 0) is 6.54 Å². The number of amides is 1. The first-order valence-electron chi connectivity index (χ1n) is 8.24. The van der Waals surface area contributed by atoms with Crippen molar-refractivity contribution < 1.29 is 14.1 Å². The molecule has 136 valence electrons. The summed E-state index contributed by atoms with van der Waals surface area (Å²) in [7, 11) is 1.61. The van der Waals surface area contributed by atoms with E-state index in [-0.39, 0.29) is 18.1 Å². The Kier molecular flexibility index (Phi) is 4.55. The number of carbonyl (C=O) groups excluding carboxylic acids is 1. The SMILES string of the molecule is COc1ccc2sc(N(Cc3ccccn3)C(=O)c3cc(C)on3)nc2c1. The first-order chi connectivity index (χ1) is 13.1. The fraction of sp³-hybridized carbons (Fsp3) is 0.158. The van der Waals surface area contributed by atoms with E-state index >= 15 is 0 Å². The molecule has 1 aromatic carbocycles. The monoisotopic (exact) mass is 380 g/mol. The molecule has 27 heavy (non-hydrogen) atoms. The Bertz CT molecular complexity index is 1090. The molecule has 7 nitrogen and oxygen atoms in total. The maximum absolute atomic E-state index is 13.1. The van der Waals surface area contributed by atoms with Crippen LogP contribution >= 0.6 is 11.3 Å². The second-order valence-electron chi connectivity index (χ2n) is 5.87. The van der Waals surface area contributed by atoms with Gasteiger partial charge in [-0.15, -0.1) is 0 Å². The fourth-order valence-corrected chi connectivity index (χ4v) is 3.57. The van der Waals surface area contributed by atoms with Crippen LogP contribution in [0.2, 0.25) is 0 Å². The summed E-state index contributed by atoms with van der Waals surface area (Å²) in [5.74, 6) is 1.00. The molecule has 0 atom stereocenters. The Morgan fingerprint density at radius 1 is 1.26 bits per heavy atom. The van der Waals surface area contributed by atoms with E-state index in [1.165, 1.54) is 11.3 Å². The average molecular weight is 380 g/mol. The molecule has 0 aliphatic rings. The summed E-state index contributed by atoms with van der Waals surface area (Å²) in [6.07, 6.45) is 1.70. The highest BCUT2D eigenvalue weighted by molar-refractivity contribution is 7.22. The van der Waals surface area contributed by atoms with Gasteiger partial charge in [0.15, 0.2) is 10.8 Å². The minimum atomic E-state index is -0.288. The summed E-state index contributed by atoms with van der Waals surface area (Å²) in [4.78, 5) is 23.6. The highest BCUT2D eigenvalue weighted by atomic mass is 32.1. The van der Waals surface area contributed by atoms with Crippen LogP contribution in [0.25, 0.3) is 10.2 Å². The van der Waals surface area contributed by atoms with Gasteiger partial charge >= 0.3 is 0 Å². The first-order valence-corrected chi connectivity index (χ1v) is 9.05. The molecule has 0 aliphatic heterocycles. The maximum Gasteiger partial charge on any atom is 0.282 e. The highest BCUT2D eigenvalue weighted by Gasteiger charge is 2.24. The van der Waals surface area contributed by atoms with Crippen LogP contribution in [0.1, 0.15) is 21.9 Å². The van der Waals surface area contributed by atoms with E-state index in [9.17, 15) is 4.79 Å². The third-order valence-electron chi connectivity index (χ3n) is 3.95. The average Bonchev–Trinajstić information content (AvgIpc) is 3.31. The number of aryl methyl sites for hydroxylation is 1. The number of aromatic nitrogens is 3. The van der Waals surface area contributed by atoms with Crippen molar-refractivity contribution in [1.82, 2.24) is 15.1 Å². The van der Waals surface area contributed by atoms with Crippen molar-refractivity contribution in [2.75, 3.05) is 12.0 Å². The normalized spacial score (nSPS) is 10.9. The van der Waals surface area contributed by atoms with Crippen molar-refractivity contribution >= 4 is 32.6 Å². The van der Waals surface area contributed by atoms with E-state index in [1.54, 1.807) is 31.2 Å². The summed E-state index contributed by atoms with van der Waals surface area (Å²) in [5.41, 5.74) is 1.76. The Morgan fingerprint density at radius 2 is 2.15 bits per heavy atom. The van der Waals surface area contributed by atoms with Crippen LogP contribution in [0.4, 0.5) is 5.13 Å². The van der Waals surface area contributed by atoms with E-state index in [4.69, 9.17) is 9.26 Å². The molecular weight excluding hydrogens is 364 g/mol. The lowest BCUT2D eigenvalue weighted by Crippen LogP contribution is -2.31. The summed E-state index contributed by atoms with van der Waals surface area (Å²) < 4.78 is 11.3. The van der Waals surface area contributed by atoms with Gasteiger partial charge in [0.1, 0.15) is 11.5 Å². The smallest absolute Gasteiger partial charge is 0.282 e. The van der Waals surface area contributed by atoms with E-state index in [1.807, 2.05) is 36.4 Å². The molecule has 0 bridgehead atoms. The summed E-state index contributed by atoms with van der Waals surface area (Å²) in [5, 5.41) is 4.42.